The summed E-state index contributed by atoms with van der Waals surface area (Å²) in [5.74, 6) is -1.17. The first-order chi connectivity index (χ1) is 18.9. The highest BCUT2D eigenvalue weighted by atomic mass is 16.5. The van der Waals surface area contributed by atoms with Crippen LogP contribution in [0.5, 0.6) is 0 Å². The molecule has 1 unspecified atom stereocenters. The van der Waals surface area contributed by atoms with E-state index in [1.54, 1.807) is 18.2 Å². The minimum Gasteiger partial charge on any atom is -0.379 e. The van der Waals surface area contributed by atoms with Crippen LogP contribution in [0.15, 0.2) is 23.3 Å². The molecule has 4 aliphatic rings. The number of hydrogen-bond acceptors (Lipinski definition) is 8. The monoisotopic (exact) mass is 538 g/mol. The molecule has 13 nitrogen and oxygen atoms in total. The topological polar surface area (TPSA) is 160 Å². The number of carbonyl (C=O) groups is 4. The molecule has 1 aromatic rings. The van der Waals surface area contributed by atoms with Gasteiger partial charge in [0.15, 0.2) is 0 Å². The molecule has 0 bridgehead atoms. The fraction of sp³-hybridized carbons (Fsp3) is 0.615. The van der Waals surface area contributed by atoms with Crippen LogP contribution in [0.1, 0.15) is 48.0 Å². The Morgan fingerprint density at radius 2 is 1.90 bits per heavy atom. The number of rotatable bonds is 10. The summed E-state index contributed by atoms with van der Waals surface area (Å²) in [6.07, 6.45) is 2.99. The standard InChI is InChI=1S/C26H34N8O5/c27-31-30-17-6-9-32(10-7-17)12-14-39-15-13-33-11-8-21(33)24(36)28-20-3-1-2-18-19(20)16-34(26(18)38)22-4-5-23(35)29-25(22)37/h1-3,17,21-22H,4-16H2,(H,28,36)(H,29,35,37)/t21-,22?/m0/s1. The Labute approximate surface area is 226 Å². The van der Waals surface area contributed by atoms with Gasteiger partial charge in [-0.2, -0.15) is 0 Å². The van der Waals surface area contributed by atoms with Crippen molar-refractivity contribution >= 4 is 29.3 Å². The van der Waals surface area contributed by atoms with Crippen LogP contribution in [0, 0.1) is 0 Å². The molecule has 0 spiro atoms. The lowest BCUT2D eigenvalue weighted by atomic mass is 10.0. The molecule has 3 saturated heterocycles. The number of hydrogen-bond donors (Lipinski definition) is 2. The van der Waals surface area contributed by atoms with Gasteiger partial charge in [-0.3, -0.25) is 29.4 Å². The predicted octanol–water partition coefficient (Wildman–Crippen LogP) is 1.25. The number of ether oxygens (including phenoxy) is 1. The van der Waals surface area contributed by atoms with Crippen molar-refractivity contribution < 1.29 is 23.9 Å². The summed E-state index contributed by atoms with van der Waals surface area (Å²) in [5.41, 5.74) is 10.3. The van der Waals surface area contributed by atoms with Crippen molar-refractivity contribution in [2.45, 2.75) is 56.8 Å². The van der Waals surface area contributed by atoms with E-state index in [1.165, 1.54) is 4.90 Å². The van der Waals surface area contributed by atoms with Crippen molar-refractivity contribution in [1.29, 1.82) is 0 Å². The summed E-state index contributed by atoms with van der Waals surface area (Å²) < 4.78 is 5.83. The number of piperidine rings is 2. The van der Waals surface area contributed by atoms with Crippen LogP contribution < -0.4 is 10.6 Å². The molecule has 5 rings (SSSR count). The molecular formula is C26H34N8O5. The van der Waals surface area contributed by atoms with E-state index < -0.39 is 11.9 Å². The second kappa shape index (κ2) is 12.1. The average Bonchev–Trinajstić information content (AvgIpc) is 3.23. The number of likely N-dealkylation sites (tertiary alicyclic amines) is 2. The van der Waals surface area contributed by atoms with Crippen LogP contribution in [-0.4, -0.2) is 102 Å². The third-order valence-electron chi connectivity index (χ3n) is 8.12. The summed E-state index contributed by atoms with van der Waals surface area (Å²) in [5, 5.41) is 9.11. The molecular weight excluding hydrogens is 504 g/mol. The quantitative estimate of drug-likeness (QED) is 0.149. The van der Waals surface area contributed by atoms with E-state index in [2.05, 4.69) is 30.5 Å². The van der Waals surface area contributed by atoms with Crippen molar-refractivity contribution in [3.63, 3.8) is 0 Å². The van der Waals surface area contributed by atoms with Gasteiger partial charge in [0.05, 0.1) is 19.3 Å². The normalized spacial score (nSPS) is 24.1. The largest absolute Gasteiger partial charge is 0.379 e. The van der Waals surface area contributed by atoms with Gasteiger partial charge < -0.3 is 19.9 Å². The first-order valence-electron chi connectivity index (χ1n) is 13.6. The second-order valence-electron chi connectivity index (χ2n) is 10.5. The molecule has 208 valence electrons. The van der Waals surface area contributed by atoms with Crippen LogP contribution in [0.3, 0.4) is 0 Å². The zero-order valence-corrected chi connectivity index (χ0v) is 21.9. The number of fused-ring (bicyclic) bond motifs is 1. The molecule has 4 amide bonds. The first kappa shape index (κ1) is 27.1. The summed E-state index contributed by atoms with van der Waals surface area (Å²) in [7, 11) is 0. The molecule has 13 heteroatoms. The maximum atomic E-state index is 13.1. The van der Waals surface area contributed by atoms with Crippen molar-refractivity contribution in [3.8, 4) is 0 Å². The fourth-order valence-electron chi connectivity index (χ4n) is 5.73. The van der Waals surface area contributed by atoms with Gasteiger partial charge >= 0.3 is 0 Å². The van der Waals surface area contributed by atoms with Gasteiger partial charge in [0.2, 0.25) is 17.7 Å². The number of amides is 4. The summed E-state index contributed by atoms with van der Waals surface area (Å²) in [6, 6.07) is 4.36. The minimum absolute atomic E-state index is 0.100. The molecule has 2 N–H and O–H groups in total. The Hall–Kier alpha value is -3.51. The van der Waals surface area contributed by atoms with Gasteiger partial charge in [-0.1, -0.05) is 11.2 Å². The second-order valence-corrected chi connectivity index (χ2v) is 10.5. The number of azide groups is 1. The lowest BCUT2D eigenvalue weighted by Crippen LogP contribution is -2.55. The van der Waals surface area contributed by atoms with Crippen molar-refractivity contribution in [1.82, 2.24) is 20.0 Å². The molecule has 39 heavy (non-hydrogen) atoms. The predicted molar refractivity (Wildman–Crippen MR) is 141 cm³/mol. The Balaban J connectivity index is 1.07. The van der Waals surface area contributed by atoms with E-state index in [1.807, 2.05) is 0 Å². The highest BCUT2D eigenvalue weighted by Crippen LogP contribution is 2.33. The molecule has 2 atom stereocenters. The maximum Gasteiger partial charge on any atom is 0.255 e. The van der Waals surface area contributed by atoms with Crippen LogP contribution in [0.25, 0.3) is 10.4 Å². The van der Waals surface area contributed by atoms with Crippen molar-refractivity contribution in [2.24, 2.45) is 5.11 Å². The SMILES string of the molecule is [N-]=[N+]=NC1CCN(CCOCCN2CC[C@H]2C(=O)Nc2cccc3c2CN(C2CCC(=O)NC2=O)C3=O)CC1. The number of benzene rings is 1. The number of nitrogens with zero attached hydrogens (tertiary/aromatic N) is 6. The van der Waals surface area contributed by atoms with E-state index in [-0.39, 0.29) is 42.8 Å². The van der Waals surface area contributed by atoms with Gasteiger partial charge in [0.1, 0.15) is 6.04 Å². The molecule has 0 aromatic heterocycles. The van der Waals surface area contributed by atoms with E-state index in [9.17, 15) is 19.2 Å². The molecule has 3 fully saturated rings. The highest BCUT2D eigenvalue weighted by molar-refractivity contribution is 6.07. The Morgan fingerprint density at radius 3 is 2.62 bits per heavy atom. The first-order valence-corrected chi connectivity index (χ1v) is 13.6. The number of anilines is 1. The van der Waals surface area contributed by atoms with Crippen molar-refractivity contribution in [2.75, 3.05) is 51.3 Å². The van der Waals surface area contributed by atoms with Crippen LogP contribution in [0.4, 0.5) is 5.69 Å². The molecule has 0 saturated carbocycles. The third-order valence-corrected chi connectivity index (χ3v) is 8.12. The number of nitrogens with one attached hydrogen (secondary N) is 2. The van der Waals surface area contributed by atoms with Gasteiger partial charge in [-0.25, -0.2) is 0 Å². The summed E-state index contributed by atoms with van der Waals surface area (Å²) in [4.78, 5) is 58.8. The summed E-state index contributed by atoms with van der Waals surface area (Å²) in [6.45, 7) is 5.49. The van der Waals surface area contributed by atoms with E-state index in [0.29, 0.717) is 43.0 Å². The van der Waals surface area contributed by atoms with Gasteiger partial charge in [-0.05, 0) is 56.4 Å². The van der Waals surface area contributed by atoms with E-state index in [0.717, 1.165) is 45.4 Å². The molecule has 1 aromatic carbocycles. The zero-order valence-electron chi connectivity index (χ0n) is 21.9. The lowest BCUT2D eigenvalue weighted by molar-refractivity contribution is -0.137. The van der Waals surface area contributed by atoms with Crippen LogP contribution in [-0.2, 0) is 25.7 Å². The number of imide groups is 1. The van der Waals surface area contributed by atoms with Crippen LogP contribution >= 0.6 is 0 Å². The molecule has 0 aliphatic carbocycles. The third kappa shape index (κ3) is 6.06. The van der Waals surface area contributed by atoms with Gasteiger partial charge in [0.25, 0.3) is 5.91 Å². The minimum atomic E-state index is -0.696. The Kier molecular flexibility index (Phi) is 8.41. The van der Waals surface area contributed by atoms with Gasteiger partial charge in [-0.15, -0.1) is 0 Å². The Bertz CT molecular complexity index is 1180. The zero-order chi connectivity index (χ0) is 27.4. The molecule has 4 heterocycles. The van der Waals surface area contributed by atoms with Gasteiger partial charge in [0, 0.05) is 60.4 Å². The van der Waals surface area contributed by atoms with E-state index in [4.69, 9.17) is 10.3 Å². The molecule has 0 radical (unpaired) electrons. The highest BCUT2D eigenvalue weighted by Gasteiger charge is 2.40. The molecule has 4 aliphatic heterocycles. The maximum absolute atomic E-state index is 13.1. The fourth-order valence-corrected chi connectivity index (χ4v) is 5.73. The summed E-state index contributed by atoms with van der Waals surface area (Å²) >= 11 is 0. The van der Waals surface area contributed by atoms with Crippen molar-refractivity contribution in [3.05, 3.63) is 39.8 Å². The smallest absolute Gasteiger partial charge is 0.255 e. The number of carbonyl (C=O) groups excluding carboxylic acids is 4. The Morgan fingerprint density at radius 1 is 1.10 bits per heavy atom. The lowest BCUT2D eigenvalue weighted by Gasteiger charge is -2.39. The van der Waals surface area contributed by atoms with E-state index >= 15 is 0 Å². The van der Waals surface area contributed by atoms with Crippen LogP contribution in [0.2, 0.25) is 0 Å². The average molecular weight is 539 g/mol.